The Balaban J connectivity index is 1.43. The summed E-state index contributed by atoms with van der Waals surface area (Å²) in [7, 11) is 0. The third kappa shape index (κ3) is 3.83. The first-order chi connectivity index (χ1) is 13.6. The zero-order chi connectivity index (χ0) is 19.5. The lowest BCUT2D eigenvalue weighted by Crippen LogP contribution is -2.48. The molecular formula is C23H22N2O3. The smallest absolute Gasteiger partial charge is 0.307 e. The number of anilines is 1. The van der Waals surface area contributed by atoms with Crippen molar-refractivity contribution in [3.05, 3.63) is 77.9 Å². The van der Waals surface area contributed by atoms with E-state index >= 15 is 0 Å². The van der Waals surface area contributed by atoms with Crippen LogP contribution in [0.1, 0.15) is 15.9 Å². The largest absolute Gasteiger partial charge is 0.481 e. The molecule has 0 aromatic heterocycles. The monoisotopic (exact) mass is 374 g/mol. The maximum atomic E-state index is 12.9. The summed E-state index contributed by atoms with van der Waals surface area (Å²) in [5.41, 5.74) is 2.52. The first kappa shape index (κ1) is 18.0. The van der Waals surface area contributed by atoms with Crippen LogP contribution in [-0.4, -0.2) is 48.1 Å². The molecule has 0 spiro atoms. The van der Waals surface area contributed by atoms with Gasteiger partial charge in [0, 0.05) is 37.4 Å². The minimum atomic E-state index is -0.831. The van der Waals surface area contributed by atoms with Crippen LogP contribution in [0.5, 0.6) is 0 Å². The standard InChI is InChI=1S/C23H22N2O3/c26-22(27)15-17-4-3-7-21(14-17)24-10-12-25(13-11-24)23(28)20-9-8-18-5-1-2-6-19(18)16-20/h1-9,14,16H,10-13,15H2,(H,26,27). The molecule has 1 N–H and O–H groups in total. The van der Waals surface area contributed by atoms with Crippen molar-refractivity contribution in [3.63, 3.8) is 0 Å². The Morgan fingerprint density at radius 1 is 0.821 bits per heavy atom. The zero-order valence-corrected chi connectivity index (χ0v) is 15.5. The molecule has 3 aromatic carbocycles. The van der Waals surface area contributed by atoms with Gasteiger partial charge in [-0.05, 0) is 40.6 Å². The lowest BCUT2D eigenvalue weighted by molar-refractivity contribution is -0.136. The lowest BCUT2D eigenvalue weighted by Gasteiger charge is -2.36. The highest BCUT2D eigenvalue weighted by atomic mass is 16.4. The molecule has 0 bridgehead atoms. The summed E-state index contributed by atoms with van der Waals surface area (Å²) in [6.45, 7) is 2.76. The second-order valence-electron chi connectivity index (χ2n) is 7.08. The highest BCUT2D eigenvalue weighted by Crippen LogP contribution is 2.21. The quantitative estimate of drug-likeness (QED) is 0.760. The van der Waals surface area contributed by atoms with E-state index in [1.54, 1.807) is 0 Å². The van der Waals surface area contributed by atoms with Gasteiger partial charge < -0.3 is 14.9 Å². The van der Waals surface area contributed by atoms with Crippen molar-refractivity contribution in [1.82, 2.24) is 4.90 Å². The number of benzene rings is 3. The maximum absolute atomic E-state index is 12.9. The highest BCUT2D eigenvalue weighted by molar-refractivity contribution is 5.98. The number of aliphatic carboxylic acids is 1. The summed E-state index contributed by atoms with van der Waals surface area (Å²) in [6.07, 6.45) is 0.0221. The average molecular weight is 374 g/mol. The Morgan fingerprint density at radius 2 is 1.57 bits per heavy atom. The maximum Gasteiger partial charge on any atom is 0.307 e. The van der Waals surface area contributed by atoms with Crippen LogP contribution in [0.15, 0.2) is 66.7 Å². The van der Waals surface area contributed by atoms with Crippen molar-refractivity contribution in [3.8, 4) is 0 Å². The molecule has 0 atom stereocenters. The van der Waals surface area contributed by atoms with Crippen molar-refractivity contribution in [2.24, 2.45) is 0 Å². The van der Waals surface area contributed by atoms with Gasteiger partial charge in [-0.2, -0.15) is 0 Å². The molecule has 4 rings (SSSR count). The Morgan fingerprint density at radius 3 is 2.32 bits per heavy atom. The summed E-state index contributed by atoms with van der Waals surface area (Å²) in [6, 6.07) is 21.5. The van der Waals surface area contributed by atoms with E-state index in [1.165, 1.54) is 0 Å². The molecule has 3 aromatic rings. The van der Waals surface area contributed by atoms with Crippen molar-refractivity contribution >= 4 is 28.3 Å². The van der Waals surface area contributed by atoms with E-state index < -0.39 is 5.97 Å². The molecule has 28 heavy (non-hydrogen) atoms. The molecule has 5 nitrogen and oxygen atoms in total. The number of fused-ring (bicyclic) bond motifs is 1. The van der Waals surface area contributed by atoms with Gasteiger partial charge >= 0.3 is 5.97 Å². The number of carbonyl (C=O) groups is 2. The third-order valence-corrected chi connectivity index (χ3v) is 5.19. The van der Waals surface area contributed by atoms with Gasteiger partial charge in [-0.15, -0.1) is 0 Å². The molecule has 1 aliphatic heterocycles. The fourth-order valence-corrected chi connectivity index (χ4v) is 3.71. The fraction of sp³-hybridized carbons (Fsp3) is 0.217. The molecule has 1 heterocycles. The van der Waals surface area contributed by atoms with Crippen LogP contribution < -0.4 is 4.90 Å². The van der Waals surface area contributed by atoms with Crippen LogP contribution in [-0.2, 0) is 11.2 Å². The predicted octanol–water partition coefficient (Wildman–Crippen LogP) is 3.43. The number of rotatable bonds is 4. The summed E-state index contributed by atoms with van der Waals surface area (Å²) in [5, 5.41) is 11.2. The van der Waals surface area contributed by atoms with Crippen LogP contribution in [0.25, 0.3) is 10.8 Å². The number of hydrogen-bond acceptors (Lipinski definition) is 3. The van der Waals surface area contributed by atoms with E-state index in [0.717, 1.165) is 40.7 Å². The van der Waals surface area contributed by atoms with Gasteiger partial charge in [0.25, 0.3) is 5.91 Å². The summed E-state index contributed by atoms with van der Waals surface area (Å²) >= 11 is 0. The number of carboxylic acids is 1. The van der Waals surface area contributed by atoms with Crippen LogP contribution in [0.3, 0.4) is 0 Å². The predicted molar refractivity (Wildman–Crippen MR) is 110 cm³/mol. The van der Waals surface area contributed by atoms with Gasteiger partial charge in [0.05, 0.1) is 6.42 Å². The van der Waals surface area contributed by atoms with Gasteiger partial charge in [-0.25, -0.2) is 0 Å². The molecule has 0 aliphatic carbocycles. The lowest BCUT2D eigenvalue weighted by atomic mass is 10.1. The van der Waals surface area contributed by atoms with Crippen molar-refractivity contribution in [2.45, 2.75) is 6.42 Å². The number of hydrogen-bond donors (Lipinski definition) is 1. The summed E-state index contributed by atoms with van der Waals surface area (Å²) < 4.78 is 0. The first-order valence-electron chi connectivity index (χ1n) is 9.44. The average Bonchev–Trinajstić information content (AvgIpc) is 2.73. The van der Waals surface area contributed by atoms with Crippen molar-refractivity contribution < 1.29 is 14.7 Å². The molecule has 0 unspecified atom stereocenters. The second kappa shape index (κ2) is 7.72. The second-order valence-corrected chi connectivity index (χ2v) is 7.08. The molecule has 1 amide bonds. The van der Waals surface area contributed by atoms with Crippen LogP contribution in [0, 0.1) is 0 Å². The minimum absolute atomic E-state index is 0.0221. The summed E-state index contributed by atoms with van der Waals surface area (Å²) in [4.78, 5) is 27.9. The first-order valence-corrected chi connectivity index (χ1v) is 9.44. The van der Waals surface area contributed by atoms with E-state index in [2.05, 4.69) is 4.90 Å². The van der Waals surface area contributed by atoms with E-state index in [0.29, 0.717) is 13.1 Å². The Hall–Kier alpha value is -3.34. The number of piperazine rings is 1. The zero-order valence-electron chi connectivity index (χ0n) is 15.5. The fourth-order valence-electron chi connectivity index (χ4n) is 3.71. The molecule has 1 aliphatic rings. The van der Waals surface area contributed by atoms with Crippen LogP contribution >= 0.6 is 0 Å². The van der Waals surface area contributed by atoms with Gasteiger partial charge in [0.1, 0.15) is 0 Å². The Labute approximate surface area is 163 Å². The number of amides is 1. The number of nitrogens with zero attached hydrogens (tertiary/aromatic N) is 2. The molecule has 0 saturated carbocycles. The molecule has 5 heteroatoms. The molecule has 142 valence electrons. The van der Waals surface area contributed by atoms with E-state index in [9.17, 15) is 9.59 Å². The molecule has 1 fully saturated rings. The molecular weight excluding hydrogens is 352 g/mol. The van der Waals surface area contributed by atoms with Gasteiger partial charge in [0.15, 0.2) is 0 Å². The topological polar surface area (TPSA) is 60.9 Å². The molecule has 0 radical (unpaired) electrons. The number of carbonyl (C=O) groups excluding carboxylic acids is 1. The third-order valence-electron chi connectivity index (χ3n) is 5.19. The normalized spacial score (nSPS) is 14.3. The van der Waals surface area contributed by atoms with Crippen molar-refractivity contribution in [2.75, 3.05) is 31.1 Å². The van der Waals surface area contributed by atoms with E-state index in [4.69, 9.17) is 5.11 Å². The van der Waals surface area contributed by atoms with Gasteiger partial charge in [0.2, 0.25) is 0 Å². The SMILES string of the molecule is O=C(O)Cc1cccc(N2CCN(C(=O)c3ccc4ccccc4c3)CC2)c1. The Bertz CT molecular complexity index is 1020. The van der Waals surface area contributed by atoms with E-state index in [1.807, 2.05) is 71.6 Å². The number of carboxylic acid groups (broad SMARTS) is 1. The van der Waals surface area contributed by atoms with Gasteiger partial charge in [-0.3, -0.25) is 9.59 Å². The summed E-state index contributed by atoms with van der Waals surface area (Å²) in [5.74, 6) is -0.770. The highest BCUT2D eigenvalue weighted by Gasteiger charge is 2.22. The van der Waals surface area contributed by atoms with E-state index in [-0.39, 0.29) is 12.3 Å². The Kier molecular flexibility index (Phi) is 4.98. The van der Waals surface area contributed by atoms with Gasteiger partial charge in [-0.1, -0.05) is 42.5 Å². The molecule has 1 saturated heterocycles. The van der Waals surface area contributed by atoms with Crippen LogP contribution in [0.4, 0.5) is 5.69 Å². The minimum Gasteiger partial charge on any atom is -0.481 e. The van der Waals surface area contributed by atoms with Crippen LogP contribution in [0.2, 0.25) is 0 Å². The van der Waals surface area contributed by atoms with Crippen molar-refractivity contribution in [1.29, 1.82) is 0 Å².